The molecule has 0 amide bonds. The van der Waals surface area contributed by atoms with E-state index in [1.165, 1.54) is 7.11 Å². The quantitative estimate of drug-likeness (QED) is 0.791. The molecule has 0 heterocycles. The lowest BCUT2D eigenvalue weighted by Gasteiger charge is -2.13. The number of methoxy groups -OCH3 is 1. The van der Waals surface area contributed by atoms with E-state index in [-0.39, 0.29) is 5.97 Å². The number of hydrogen-bond acceptors (Lipinski definition) is 3. The van der Waals surface area contributed by atoms with Gasteiger partial charge in [-0.15, -0.1) is 0 Å². The number of esters is 1. The van der Waals surface area contributed by atoms with Gasteiger partial charge < -0.3 is 9.47 Å². The number of carbonyl (C=O) groups excluding carboxylic acids is 1. The largest absolute Gasteiger partial charge is 0.464 e. The van der Waals surface area contributed by atoms with Crippen molar-refractivity contribution in [2.45, 2.75) is 13.0 Å². The summed E-state index contributed by atoms with van der Waals surface area (Å²) in [6.07, 6.45) is -0.641. The summed E-state index contributed by atoms with van der Waals surface area (Å²) in [6.45, 7) is 2.13. The monoisotopic (exact) mass is 272 g/mol. The molecule has 1 rings (SSSR count). The molecule has 1 atom stereocenters. The lowest BCUT2D eigenvalue weighted by atomic mass is 10.1. The summed E-state index contributed by atoms with van der Waals surface area (Å²) >= 11 is 3.33. The molecule has 0 aliphatic carbocycles. The van der Waals surface area contributed by atoms with E-state index >= 15 is 0 Å². The summed E-state index contributed by atoms with van der Waals surface area (Å²) < 4.78 is 11.0. The fourth-order valence-electron chi connectivity index (χ4n) is 1.22. The zero-order chi connectivity index (χ0) is 11.3. The average molecular weight is 273 g/mol. The van der Waals surface area contributed by atoms with Gasteiger partial charge in [-0.25, -0.2) is 4.79 Å². The second-order valence-electron chi connectivity index (χ2n) is 2.92. The van der Waals surface area contributed by atoms with Gasteiger partial charge in [-0.1, -0.05) is 28.1 Å². The Kier molecular flexibility index (Phi) is 4.78. The van der Waals surface area contributed by atoms with E-state index in [9.17, 15) is 4.79 Å². The first-order chi connectivity index (χ1) is 7.19. The molecule has 0 saturated carbocycles. The van der Waals surface area contributed by atoms with Crippen LogP contribution in [0.3, 0.4) is 0 Å². The van der Waals surface area contributed by atoms with Gasteiger partial charge in [-0.05, 0) is 24.6 Å². The molecule has 1 aromatic rings. The van der Waals surface area contributed by atoms with Crippen LogP contribution in [-0.4, -0.2) is 19.7 Å². The van der Waals surface area contributed by atoms with Crippen LogP contribution in [-0.2, 0) is 14.3 Å². The third-order valence-corrected chi connectivity index (χ3v) is 2.44. The van der Waals surface area contributed by atoms with Gasteiger partial charge in [-0.3, -0.25) is 0 Å². The van der Waals surface area contributed by atoms with E-state index in [0.29, 0.717) is 6.61 Å². The molecule has 1 unspecified atom stereocenters. The Labute approximate surface area is 97.5 Å². The maximum absolute atomic E-state index is 11.5. The Balaban J connectivity index is 2.82. The van der Waals surface area contributed by atoms with Crippen LogP contribution in [0.15, 0.2) is 28.7 Å². The van der Waals surface area contributed by atoms with Crippen LogP contribution < -0.4 is 0 Å². The molecule has 4 heteroatoms. The molecular formula is C11H13BrO3. The average Bonchev–Trinajstić information content (AvgIpc) is 2.22. The van der Waals surface area contributed by atoms with Crippen LogP contribution in [0, 0.1) is 0 Å². The predicted molar refractivity (Wildman–Crippen MR) is 60.5 cm³/mol. The fourth-order valence-corrected chi connectivity index (χ4v) is 1.49. The van der Waals surface area contributed by atoms with E-state index in [1.807, 2.05) is 24.3 Å². The van der Waals surface area contributed by atoms with Crippen molar-refractivity contribution in [2.75, 3.05) is 13.7 Å². The van der Waals surface area contributed by atoms with Gasteiger partial charge in [-0.2, -0.15) is 0 Å². The van der Waals surface area contributed by atoms with E-state index in [1.54, 1.807) is 6.92 Å². The number of hydrogen-bond donors (Lipinski definition) is 0. The van der Waals surface area contributed by atoms with E-state index in [2.05, 4.69) is 15.9 Å². The minimum Gasteiger partial charge on any atom is -0.464 e. The van der Waals surface area contributed by atoms with E-state index < -0.39 is 6.10 Å². The molecule has 3 nitrogen and oxygen atoms in total. The fraction of sp³-hybridized carbons (Fsp3) is 0.364. The summed E-state index contributed by atoms with van der Waals surface area (Å²) in [5.41, 5.74) is 0.791. The summed E-state index contributed by atoms with van der Waals surface area (Å²) in [5, 5.41) is 0. The van der Waals surface area contributed by atoms with Crippen molar-refractivity contribution >= 4 is 21.9 Å². The van der Waals surface area contributed by atoms with Gasteiger partial charge in [0.1, 0.15) is 0 Å². The minimum absolute atomic E-state index is 0.356. The molecule has 82 valence electrons. The second-order valence-corrected chi connectivity index (χ2v) is 3.84. The van der Waals surface area contributed by atoms with Crippen LogP contribution in [0.5, 0.6) is 0 Å². The first kappa shape index (κ1) is 12.2. The van der Waals surface area contributed by atoms with Gasteiger partial charge in [0, 0.05) is 11.6 Å². The van der Waals surface area contributed by atoms with Crippen molar-refractivity contribution in [1.82, 2.24) is 0 Å². The maximum Gasteiger partial charge on any atom is 0.339 e. The number of carbonyl (C=O) groups is 1. The van der Waals surface area contributed by atoms with E-state index in [4.69, 9.17) is 9.47 Å². The van der Waals surface area contributed by atoms with Gasteiger partial charge in [0.25, 0.3) is 0 Å². The molecule has 0 fully saturated rings. The zero-order valence-corrected chi connectivity index (χ0v) is 10.3. The third kappa shape index (κ3) is 3.32. The number of rotatable bonds is 4. The summed E-state index contributed by atoms with van der Waals surface area (Å²) in [4.78, 5) is 11.5. The SMILES string of the molecule is CCOC(=O)C(OC)c1ccc(Br)cc1. The Morgan fingerprint density at radius 2 is 2.00 bits per heavy atom. The van der Waals surface area contributed by atoms with Crippen LogP contribution in [0.1, 0.15) is 18.6 Å². The van der Waals surface area contributed by atoms with Gasteiger partial charge in [0.2, 0.25) is 0 Å². The molecule has 0 saturated heterocycles. The zero-order valence-electron chi connectivity index (χ0n) is 8.70. The van der Waals surface area contributed by atoms with E-state index in [0.717, 1.165) is 10.0 Å². The highest BCUT2D eigenvalue weighted by Gasteiger charge is 2.20. The molecule has 0 bridgehead atoms. The number of halogens is 1. The molecule has 0 radical (unpaired) electrons. The molecule has 1 aromatic carbocycles. The highest BCUT2D eigenvalue weighted by Crippen LogP contribution is 2.20. The van der Waals surface area contributed by atoms with Crippen molar-refractivity contribution in [3.63, 3.8) is 0 Å². The highest BCUT2D eigenvalue weighted by atomic mass is 79.9. The van der Waals surface area contributed by atoms with Crippen LogP contribution in [0.25, 0.3) is 0 Å². The Morgan fingerprint density at radius 1 is 1.40 bits per heavy atom. The first-order valence-electron chi connectivity index (χ1n) is 4.64. The maximum atomic E-state index is 11.5. The van der Waals surface area contributed by atoms with Crippen molar-refractivity contribution in [2.24, 2.45) is 0 Å². The Bertz CT molecular complexity index is 321. The van der Waals surface area contributed by atoms with Crippen LogP contribution in [0.2, 0.25) is 0 Å². The predicted octanol–water partition coefficient (Wildman–Crippen LogP) is 2.70. The van der Waals surface area contributed by atoms with Crippen molar-refractivity contribution in [3.05, 3.63) is 34.3 Å². The molecular weight excluding hydrogens is 260 g/mol. The standard InChI is InChI=1S/C11H13BrO3/c1-3-15-11(13)10(14-2)8-4-6-9(12)7-5-8/h4-7,10H,3H2,1-2H3. The first-order valence-corrected chi connectivity index (χ1v) is 5.43. The molecule has 0 aromatic heterocycles. The number of ether oxygens (including phenoxy) is 2. The van der Waals surface area contributed by atoms with Gasteiger partial charge in [0.05, 0.1) is 6.61 Å². The van der Waals surface area contributed by atoms with Crippen molar-refractivity contribution in [1.29, 1.82) is 0 Å². The van der Waals surface area contributed by atoms with Crippen LogP contribution >= 0.6 is 15.9 Å². The topological polar surface area (TPSA) is 35.5 Å². The molecule has 15 heavy (non-hydrogen) atoms. The van der Waals surface area contributed by atoms with Crippen LogP contribution in [0.4, 0.5) is 0 Å². The highest BCUT2D eigenvalue weighted by molar-refractivity contribution is 9.10. The summed E-state index contributed by atoms with van der Waals surface area (Å²) in [7, 11) is 1.49. The summed E-state index contributed by atoms with van der Waals surface area (Å²) in [6, 6.07) is 7.38. The molecule has 0 aliphatic heterocycles. The third-order valence-electron chi connectivity index (χ3n) is 1.91. The smallest absolute Gasteiger partial charge is 0.339 e. The normalized spacial score (nSPS) is 12.2. The lowest BCUT2D eigenvalue weighted by molar-refractivity contribution is -0.155. The van der Waals surface area contributed by atoms with Gasteiger partial charge >= 0.3 is 5.97 Å². The second kappa shape index (κ2) is 5.88. The summed E-state index contributed by atoms with van der Waals surface area (Å²) in [5.74, 6) is -0.359. The van der Waals surface area contributed by atoms with Crippen molar-refractivity contribution < 1.29 is 14.3 Å². The minimum atomic E-state index is -0.641. The molecule has 0 N–H and O–H groups in total. The molecule has 0 spiro atoms. The Morgan fingerprint density at radius 3 is 2.47 bits per heavy atom. The van der Waals surface area contributed by atoms with Crippen molar-refractivity contribution in [3.8, 4) is 0 Å². The Hall–Kier alpha value is -0.870. The lowest BCUT2D eigenvalue weighted by Crippen LogP contribution is -2.17. The molecule has 0 aliphatic rings. The van der Waals surface area contributed by atoms with Gasteiger partial charge in [0.15, 0.2) is 6.10 Å². The number of benzene rings is 1.